The van der Waals surface area contributed by atoms with Gasteiger partial charge in [-0.15, -0.1) is 0 Å². The summed E-state index contributed by atoms with van der Waals surface area (Å²) in [4.78, 5) is 24.0. The van der Waals surface area contributed by atoms with Gasteiger partial charge in [-0.1, -0.05) is 6.07 Å². The number of aromatic nitrogens is 2. The van der Waals surface area contributed by atoms with Gasteiger partial charge in [0.15, 0.2) is 6.10 Å². The lowest BCUT2D eigenvalue weighted by molar-refractivity contribution is -0.148. The number of rotatable bonds is 5. The Morgan fingerprint density at radius 1 is 1.29 bits per heavy atom. The van der Waals surface area contributed by atoms with Gasteiger partial charge in [-0.3, -0.25) is 9.48 Å². The Bertz CT molecular complexity index is 917. The number of hydrogen-bond donors (Lipinski definition) is 1. The first kappa shape index (κ1) is 21.2. The summed E-state index contributed by atoms with van der Waals surface area (Å²) in [5.41, 5.74) is 1.43. The van der Waals surface area contributed by atoms with Crippen LogP contribution < -0.4 is 5.32 Å². The first-order chi connectivity index (χ1) is 13.0. The Hall–Kier alpha value is -3.10. The number of ether oxygens (including phenoxy) is 1. The molecule has 0 aliphatic rings. The van der Waals surface area contributed by atoms with Crippen LogP contribution in [0.2, 0.25) is 0 Å². The largest absolute Gasteiger partial charge is 0.449 e. The van der Waals surface area contributed by atoms with Crippen LogP contribution in [0.3, 0.4) is 0 Å². The van der Waals surface area contributed by atoms with Crippen LogP contribution in [0.15, 0.2) is 30.3 Å². The highest BCUT2D eigenvalue weighted by atomic mass is 19.4. The Balaban J connectivity index is 1.98. The SMILES string of the molecule is Cc1nn(C)c(C)c1/C=C/C(=O)O[C@@H](C)C(=O)Nc1cccc(C(F)(F)F)c1. The van der Waals surface area contributed by atoms with Crippen LogP contribution in [0.1, 0.15) is 29.4 Å². The van der Waals surface area contributed by atoms with Gasteiger partial charge in [-0.05, 0) is 45.0 Å². The molecule has 0 saturated heterocycles. The van der Waals surface area contributed by atoms with Crippen LogP contribution in [-0.4, -0.2) is 27.8 Å². The first-order valence-corrected chi connectivity index (χ1v) is 8.36. The number of carbonyl (C=O) groups is 2. The molecule has 0 fully saturated rings. The predicted molar refractivity (Wildman–Crippen MR) is 97.3 cm³/mol. The van der Waals surface area contributed by atoms with Gasteiger partial charge in [0.2, 0.25) is 0 Å². The van der Waals surface area contributed by atoms with Gasteiger partial charge in [0.1, 0.15) is 0 Å². The quantitative estimate of drug-likeness (QED) is 0.620. The molecule has 28 heavy (non-hydrogen) atoms. The number of nitrogens with zero attached hydrogens (tertiary/aromatic N) is 2. The van der Waals surface area contributed by atoms with Crippen molar-refractivity contribution < 1.29 is 27.5 Å². The molecule has 0 radical (unpaired) electrons. The molecule has 0 bridgehead atoms. The molecule has 1 N–H and O–H groups in total. The number of amides is 1. The number of hydrogen-bond acceptors (Lipinski definition) is 4. The molecule has 1 aromatic heterocycles. The van der Waals surface area contributed by atoms with E-state index in [1.807, 2.05) is 6.92 Å². The van der Waals surface area contributed by atoms with Crippen molar-refractivity contribution in [3.8, 4) is 0 Å². The van der Waals surface area contributed by atoms with Crippen molar-refractivity contribution >= 4 is 23.6 Å². The van der Waals surface area contributed by atoms with Gasteiger partial charge in [0.25, 0.3) is 5.91 Å². The zero-order chi connectivity index (χ0) is 21.1. The van der Waals surface area contributed by atoms with Crippen LogP contribution in [-0.2, 0) is 27.5 Å². The summed E-state index contributed by atoms with van der Waals surface area (Å²) in [6, 6.07) is 4.19. The molecular formula is C19H20F3N3O3. The summed E-state index contributed by atoms with van der Waals surface area (Å²) in [6.45, 7) is 4.97. The Morgan fingerprint density at radius 3 is 2.54 bits per heavy atom. The highest BCUT2D eigenvalue weighted by Crippen LogP contribution is 2.30. The second kappa shape index (κ2) is 8.28. The molecule has 1 heterocycles. The van der Waals surface area contributed by atoms with Gasteiger partial charge >= 0.3 is 12.1 Å². The van der Waals surface area contributed by atoms with E-state index in [-0.39, 0.29) is 5.69 Å². The van der Waals surface area contributed by atoms with Gasteiger partial charge in [-0.2, -0.15) is 18.3 Å². The molecule has 2 rings (SSSR count). The van der Waals surface area contributed by atoms with E-state index in [0.29, 0.717) is 0 Å². The maximum Gasteiger partial charge on any atom is 0.416 e. The third-order valence-corrected chi connectivity index (χ3v) is 4.07. The average molecular weight is 395 g/mol. The second-order valence-corrected chi connectivity index (χ2v) is 6.19. The monoisotopic (exact) mass is 395 g/mol. The van der Waals surface area contributed by atoms with Crippen LogP contribution in [0.25, 0.3) is 6.08 Å². The fourth-order valence-corrected chi connectivity index (χ4v) is 2.47. The number of anilines is 1. The van der Waals surface area contributed by atoms with Gasteiger partial charge in [-0.25, -0.2) is 4.79 Å². The summed E-state index contributed by atoms with van der Waals surface area (Å²) in [5, 5.41) is 6.52. The Kier molecular flexibility index (Phi) is 6.27. The molecule has 1 aromatic carbocycles. The van der Waals surface area contributed by atoms with E-state index in [1.54, 1.807) is 18.7 Å². The normalized spacial score (nSPS) is 12.8. The molecule has 0 aliphatic heterocycles. The number of alkyl halides is 3. The summed E-state index contributed by atoms with van der Waals surface area (Å²) < 4.78 is 44.8. The molecule has 6 nitrogen and oxygen atoms in total. The smallest absolute Gasteiger partial charge is 0.416 e. The van der Waals surface area contributed by atoms with Gasteiger partial charge < -0.3 is 10.1 Å². The zero-order valence-electron chi connectivity index (χ0n) is 15.8. The van der Waals surface area contributed by atoms with Crippen LogP contribution in [0.5, 0.6) is 0 Å². The lowest BCUT2D eigenvalue weighted by Crippen LogP contribution is -2.29. The average Bonchev–Trinajstić information content (AvgIpc) is 2.84. The number of esters is 1. The number of halogens is 3. The van der Waals surface area contributed by atoms with Crippen molar-refractivity contribution in [3.05, 3.63) is 52.9 Å². The number of aryl methyl sites for hydroxylation is 2. The third-order valence-electron chi connectivity index (χ3n) is 4.07. The van der Waals surface area contributed by atoms with Crippen molar-refractivity contribution in [2.45, 2.75) is 33.1 Å². The molecule has 2 aromatic rings. The Labute approximate surface area is 160 Å². The minimum Gasteiger partial charge on any atom is -0.449 e. The van der Waals surface area contributed by atoms with E-state index >= 15 is 0 Å². The van der Waals surface area contributed by atoms with E-state index in [4.69, 9.17) is 4.74 Å². The minimum absolute atomic E-state index is 0.0418. The fraction of sp³-hybridized carbons (Fsp3) is 0.316. The number of carbonyl (C=O) groups excluding carboxylic acids is 2. The lowest BCUT2D eigenvalue weighted by Gasteiger charge is -2.13. The van der Waals surface area contributed by atoms with E-state index < -0.39 is 29.7 Å². The molecule has 0 saturated carbocycles. The summed E-state index contributed by atoms with van der Waals surface area (Å²) in [7, 11) is 1.78. The highest BCUT2D eigenvalue weighted by molar-refractivity contribution is 5.96. The molecule has 0 spiro atoms. The summed E-state index contributed by atoms with van der Waals surface area (Å²) in [6.07, 6.45) is -3.00. The molecule has 1 amide bonds. The lowest BCUT2D eigenvalue weighted by atomic mass is 10.2. The van der Waals surface area contributed by atoms with Crippen LogP contribution in [0, 0.1) is 13.8 Å². The van der Waals surface area contributed by atoms with Crippen LogP contribution >= 0.6 is 0 Å². The van der Waals surface area contributed by atoms with Crippen molar-refractivity contribution in [1.29, 1.82) is 0 Å². The summed E-state index contributed by atoms with van der Waals surface area (Å²) in [5.74, 6) is -1.50. The second-order valence-electron chi connectivity index (χ2n) is 6.19. The zero-order valence-corrected chi connectivity index (χ0v) is 15.8. The van der Waals surface area contributed by atoms with Crippen molar-refractivity contribution in [2.75, 3.05) is 5.32 Å². The third kappa shape index (κ3) is 5.21. The Morgan fingerprint density at radius 2 is 1.96 bits per heavy atom. The molecule has 150 valence electrons. The minimum atomic E-state index is -4.52. The standard InChI is InChI=1S/C19H20F3N3O3/c1-11-16(12(2)25(4)24-11)8-9-17(26)28-13(3)18(27)23-15-7-5-6-14(10-15)19(20,21)22/h5-10,13H,1-4H3,(H,23,27)/b9-8+/t13-/m0/s1. The van der Waals surface area contributed by atoms with E-state index in [0.717, 1.165) is 29.1 Å². The van der Waals surface area contributed by atoms with Crippen LogP contribution in [0.4, 0.5) is 18.9 Å². The van der Waals surface area contributed by atoms with E-state index in [1.165, 1.54) is 31.2 Å². The van der Waals surface area contributed by atoms with Crippen molar-refractivity contribution in [3.63, 3.8) is 0 Å². The number of nitrogens with one attached hydrogen (secondary N) is 1. The van der Waals surface area contributed by atoms with Gasteiger partial charge in [0.05, 0.1) is 11.3 Å². The number of benzene rings is 1. The van der Waals surface area contributed by atoms with E-state index in [2.05, 4.69) is 10.4 Å². The highest BCUT2D eigenvalue weighted by Gasteiger charge is 2.30. The molecule has 9 heteroatoms. The van der Waals surface area contributed by atoms with E-state index in [9.17, 15) is 22.8 Å². The van der Waals surface area contributed by atoms with Crippen molar-refractivity contribution in [1.82, 2.24) is 9.78 Å². The molecule has 0 aliphatic carbocycles. The molecule has 1 atom stereocenters. The topological polar surface area (TPSA) is 73.2 Å². The first-order valence-electron chi connectivity index (χ1n) is 8.36. The molecular weight excluding hydrogens is 375 g/mol. The van der Waals surface area contributed by atoms with Crippen molar-refractivity contribution in [2.24, 2.45) is 7.05 Å². The fourth-order valence-electron chi connectivity index (χ4n) is 2.47. The molecule has 0 unspecified atom stereocenters. The van der Waals surface area contributed by atoms with Gasteiger partial charge in [0, 0.05) is 30.1 Å². The maximum absolute atomic E-state index is 12.7. The predicted octanol–water partition coefficient (Wildman–Crippen LogP) is 3.64. The summed E-state index contributed by atoms with van der Waals surface area (Å²) >= 11 is 0. The maximum atomic E-state index is 12.7.